The molecule has 0 aliphatic carbocycles. The third-order valence-electron chi connectivity index (χ3n) is 4.17. The number of esters is 2. The van der Waals surface area contributed by atoms with Gasteiger partial charge < -0.3 is 14.5 Å². The van der Waals surface area contributed by atoms with E-state index in [1.807, 2.05) is 0 Å². The van der Waals surface area contributed by atoms with Crippen LogP contribution in [0.3, 0.4) is 0 Å². The van der Waals surface area contributed by atoms with Crippen LogP contribution < -0.4 is 0 Å². The molecule has 0 saturated heterocycles. The average molecular weight is 377 g/mol. The van der Waals surface area contributed by atoms with Crippen LogP contribution in [0.1, 0.15) is 26.3 Å². The number of carbonyl (C=O) groups excluding carboxylic acids is 2. The summed E-state index contributed by atoms with van der Waals surface area (Å²) in [5.74, 6) is -1.23. The van der Waals surface area contributed by atoms with Crippen LogP contribution in [0, 0.1) is 0 Å². The van der Waals surface area contributed by atoms with E-state index < -0.39 is 23.7 Å². The first-order valence-electron chi connectivity index (χ1n) is 7.76. The number of benzene rings is 2. The Morgan fingerprint density at radius 1 is 0.889 bits per heavy atom. The molecule has 1 heterocycles. The molecule has 0 unspecified atom stereocenters. The number of hydrogen-bond donors (Lipinski definition) is 1. The molecule has 8 heteroatoms. The standard InChI is InChI=1S/C19H14F3NO4/c1-26-17(24)13-8-7-12-14(18(25)27-2)9-23-16(12)15(13)10-3-5-11(6-4-10)19(20,21)22/h3-9,23H,1-2H3. The third kappa shape index (κ3) is 3.25. The van der Waals surface area contributed by atoms with Gasteiger partial charge in [0.25, 0.3) is 0 Å². The minimum absolute atomic E-state index is 0.156. The largest absolute Gasteiger partial charge is 0.465 e. The number of halogens is 3. The molecule has 2 aromatic carbocycles. The Labute approximate surface area is 151 Å². The molecule has 0 amide bonds. The molecule has 1 N–H and O–H groups in total. The molecule has 0 spiro atoms. The van der Waals surface area contributed by atoms with Crippen molar-refractivity contribution in [2.45, 2.75) is 6.18 Å². The van der Waals surface area contributed by atoms with Gasteiger partial charge in [0.1, 0.15) is 0 Å². The van der Waals surface area contributed by atoms with Gasteiger partial charge in [0.2, 0.25) is 0 Å². The van der Waals surface area contributed by atoms with Gasteiger partial charge in [-0.05, 0) is 23.8 Å². The Hall–Kier alpha value is -3.29. The summed E-state index contributed by atoms with van der Waals surface area (Å²) in [6.45, 7) is 0. The molecule has 0 saturated carbocycles. The number of H-pyrrole nitrogens is 1. The van der Waals surface area contributed by atoms with Gasteiger partial charge in [-0.25, -0.2) is 9.59 Å². The van der Waals surface area contributed by atoms with Crippen LogP contribution in [-0.2, 0) is 15.7 Å². The van der Waals surface area contributed by atoms with Gasteiger partial charge in [0.05, 0.1) is 36.4 Å². The summed E-state index contributed by atoms with van der Waals surface area (Å²) in [6.07, 6.45) is -3.05. The van der Waals surface area contributed by atoms with E-state index >= 15 is 0 Å². The first-order valence-corrected chi connectivity index (χ1v) is 7.76. The number of alkyl halides is 3. The quantitative estimate of drug-likeness (QED) is 0.686. The van der Waals surface area contributed by atoms with Crippen LogP contribution in [0.15, 0.2) is 42.6 Å². The van der Waals surface area contributed by atoms with E-state index in [1.165, 1.54) is 38.6 Å². The molecule has 5 nitrogen and oxygen atoms in total. The van der Waals surface area contributed by atoms with E-state index in [9.17, 15) is 22.8 Å². The second-order valence-corrected chi connectivity index (χ2v) is 5.67. The first kappa shape index (κ1) is 18.5. The summed E-state index contributed by atoms with van der Waals surface area (Å²) < 4.78 is 48.0. The van der Waals surface area contributed by atoms with Crippen molar-refractivity contribution in [3.63, 3.8) is 0 Å². The van der Waals surface area contributed by atoms with Crippen LogP contribution in [0.4, 0.5) is 13.2 Å². The van der Waals surface area contributed by atoms with E-state index in [-0.39, 0.29) is 11.1 Å². The molecule has 0 aliphatic heterocycles. The number of aromatic amines is 1. The van der Waals surface area contributed by atoms with E-state index in [4.69, 9.17) is 9.47 Å². The molecule has 0 fully saturated rings. The lowest BCUT2D eigenvalue weighted by atomic mass is 9.95. The maximum Gasteiger partial charge on any atom is 0.416 e. The van der Waals surface area contributed by atoms with Crippen LogP contribution in [0.2, 0.25) is 0 Å². The Kier molecular flexibility index (Phi) is 4.65. The Morgan fingerprint density at radius 2 is 1.48 bits per heavy atom. The van der Waals surface area contributed by atoms with Gasteiger partial charge in [-0.15, -0.1) is 0 Å². The van der Waals surface area contributed by atoms with Crippen molar-refractivity contribution in [1.29, 1.82) is 0 Å². The van der Waals surface area contributed by atoms with Crippen molar-refractivity contribution in [2.24, 2.45) is 0 Å². The van der Waals surface area contributed by atoms with Gasteiger partial charge in [0.15, 0.2) is 0 Å². The molecular formula is C19H14F3NO4. The topological polar surface area (TPSA) is 68.4 Å². The second kappa shape index (κ2) is 6.79. The van der Waals surface area contributed by atoms with E-state index in [0.29, 0.717) is 22.0 Å². The molecule has 0 atom stereocenters. The maximum absolute atomic E-state index is 12.8. The number of hydrogen-bond acceptors (Lipinski definition) is 4. The summed E-state index contributed by atoms with van der Waals surface area (Å²) in [5.41, 5.74) is 0.716. The molecule has 1 aromatic heterocycles. The Balaban J connectivity index is 2.26. The van der Waals surface area contributed by atoms with Crippen LogP contribution >= 0.6 is 0 Å². The number of nitrogens with one attached hydrogen (secondary N) is 1. The fourth-order valence-electron chi connectivity index (χ4n) is 2.88. The van der Waals surface area contributed by atoms with Gasteiger partial charge in [0, 0.05) is 17.1 Å². The molecule has 3 rings (SSSR count). The number of rotatable bonds is 3. The van der Waals surface area contributed by atoms with E-state index in [2.05, 4.69) is 4.98 Å². The molecule has 140 valence electrons. The lowest BCUT2D eigenvalue weighted by molar-refractivity contribution is -0.137. The Morgan fingerprint density at radius 3 is 2.04 bits per heavy atom. The predicted molar refractivity (Wildman–Crippen MR) is 91.4 cm³/mol. The highest BCUT2D eigenvalue weighted by atomic mass is 19.4. The monoisotopic (exact) mass is 377 g/mol. The summed E-state index contributed by atoms with van der Waals surface area (Å²) in [7, 11) is 2.44. The predicted octanol–water partition coefficient (Wildman–Crippen LogP) is 4.43. The fraction of sp³-hybridized carbons (Fsp3) is 0.158. The highest BCUT2D eigenvalue weighted by Gasteiger charge is 2.30. The lowest BCUT2D eigenvalue weighted by Gasteiger charge is -2.12. The zero-order chi connectivity index (χ0) is 19.8. The van der Waals surface area contributed by atoms with Crippen molar-refractivity contribution in [2.75, 3.05) is 14.2 Å². The second-order valence-electron chi connectivity index (χ2n) is 5.67. The van der Waals surface area contributed by atoms with Gasteiger partial charge in [-0.3, -0.25) is 0 Å². The molecule has 27 heavy (non-hydrogen) atoms. The van der Waals surface area contributed by atoms with Crippen molar-refractivity contribution >= 4 is 22.8 Å². The van der Waals surface area contributed by atoms with E-state index in [1.54, 1.807) is 6.07 Å². The average Bonchev–Trinajstić information content (AvgIpc) is 3.09. The number of ether oxygens (including phenoxy) is 2. The fourth-order valence-corrected chi connectivity index (χ4v) is 2.88. The van der Waals surface area contributed by atoms with Crippen LogP contribution in [-0.4, -0.2) is 31.1 Å². The number of carbonyl (C=O) groups is 2. The number of fused-ring (bicyclic) bond motifs is 1. The van der Waals surface area contributed by atoms with Crippen molar-refractivity contribution in [1.82, 2.24) is 4.98 Å². The highest BCUT2D eigenvalue weighted by molar-refractivity contribution is 6.12. The maximum atomic E-state index is 12.8. The van der Waals surface area contributed by atoms with Crippen LogP contribution in [0.5, 0.6) is 0 Å². The van der Waals surface area contributed by atoms with Crippen molar-refractivity contribution in [3.8, 4) is 11.1 Å². The summed E-state index contributed by atoms with van der Waals surface area (Å²) in [5, 5.41) is 0.476. The summed E-state index contributed by atoms with van der Waals surface area (Å²) in [6, 6.07) is 7.41. The van der Waals surface area contributed by atoms with Crippen LogP contribution in [0.25, 0.3) is 22.0 Å². The minimum atomic E-state index is -4.47. The highest BCUT2D eigenvalue weighted by Crippen LogP contribution is 2.36. The number of methoxy groups -OCH3 is 2. The summed E-state index contributed by atoms with van der Waals surface area (Å²) >= 11 is 0. The third-order valence-corrected chi connectivity index (χ3v) is 4.17. The van der Waals surface area contributed by atoms with Crippen molar-refractivity contribution < 1.29 is 32.2 Å². The molecule has 0 radical (unpaired) electrons. The number of aromatic nitrogens is 1. The molecule has 0 bridgehead atoms. The molecular weight excluding hydrogens is 363 g/mol. The first-order chi connectivity index (χ1) is 12.8. The van der Waals surface area contributed by atoms with Gasteiger partial charge in [-0.2, -0.15) is 13.2 Å². The molecule has 0 aliphatic rings. The summed E-state index contributed by atoms with van der Waals surface area (Å²) in [4.78, 5) is 27.0. The Bertz CT molecular complexity index is 1020. The lowest BCUT2D eigenvalue weighted by Crippen LogP contribution is -2.06. The zero-order valence-corrected chi connectivity index (χ0v) is 14.3. The van der Waals surface area contributed by atoms with Gasteiger partial charge in [-0.1, -0.05) is 18.2 Å². The normalized spacial score (nSPS) is 11.4. The van der Waals surface area contributed by atoms with Crippen molar-refractivity contribution in [3.05, 3.63) is 59.3 Å². The van der Waals surface area contributed by atoms with E-state index in [0.717, 1.165) is 12.1 Å². The molecule has 3 aromatic rings. The smallest absolute Gasteiger partial charge is 0.416 e. The SMILES string of the molecule is COC(=O)c1ccc2c(C(=O)OC)c[nH]c2c1-c1ccc(C(F)(F)F)cc1. The van der Waals surface area contributed by atoms with Gasteiger partial charge >= 0.3 is 18.1 Å². The zero-order valence-electron chi connectivity index (χ0n) is 14.3. The minimum Gasteiger partial charge on any atom is -0.465 e.